The Morgan fingerprint density at radius 3 is 2.92 bits per heavy atom. The van der Waals surface area contributed by atoms with Crippen LogP contribution in [0.4, 0.5) is 0 Å². The minimum Gasteiger partial charge on any atom is -0.306 e. The van der Waals surface area contributed by atoms with Gasteiger partial charge in [-0.05, 0) is 7.05 Å². The molecule has 2 aliphatic rings. The van der Waals surface area contributed by atoms with Crippen molar-refractivity contribution in [2.24, 2.45) is 0 Å². The topological polar surface area (TPSA) is 49.4 Å². The number of likely N-dealkylation sites (N-methyl/N-ethyl adjacent to an activating group) is 1. The number of nitrogens with zero attached hydrogens (tertiary/aromatic N) is 1. The van der Waals surface area contributed by atoms with Crippen LogP contribution in [0.25, 0.3) is 0 Å². The summed E-state index contributed by atoms with van der Waals surface area (Å²) in [6.07, 6.45) is 0. The van der Waals surface area contributed by atoms with Crippen LogP contribution in [0.5, 0.6) is 0 Å². The van der Waals surface area contributed by atoms with Crippen molar-refractivity contribution in [2.75, 3.05) is 7.05 Å². The zero-order valence-corrected chi connectivity index (χ0v) is 8.22. The average molecular weight is 198 g/mol. The maximum absolute atomic E-state index is 11.4. The van der Waals surface area contributed by atoms with Gasteiger partial charge in [0.15, 0.2) is 5.78 Å². The number of carbonyl (C=O) groups is 2. The number of β-lactam (4-membered cyclic amide) rings is 1. The molecule has 2 aliphatic heterocycles. The summed E-state index contributed by atoms with van der Waals surface area (Å²) in [6, 6.07) is -0.127. The molecule has 5 heteroatoms. The van der Waals surface area contributed by atoms with Crippen LogP contribution in [-0.2, 0) is 9.59 Å². The molecule has 1 amide bonds. The normalized spacial score (nSPS) is 31.1. The van der Waals surface area contributed by atoms with E-state index >= 15 is 0 Å². The van der Waals surface area contributed by atoms with Gasteiger partial charge in [-0.25, -0.2) is 0 Å². The molecule has 2 unspecified atom stereocenters. The second-order valence-electron chi connectivity index (χ2n) is 3.06. The van der Waals surface area contributed by atoms with E-state index in [2.05, 4.69) is 5.32 Å². The second-order valence-corrected chi connectivity index (χ2v) is 4.05. The number of Topliss-reactive ketones (excluding diaryl/α,β-unsaturated/α-hetero) is 1. The molecule has 70 valence electrons. The highest BCUT2D eigenvalue weighted by Crippen LogP contribution is 2.40. The zero-order chi connectivity index (χ0) is 9.59. The van der Waals surface area contributed by atoms with Crippen molar-refractivity contribution < 1.29 is 9.59 Å². The van der Waals surface area contributed by atoms with Gasteiger partial charge < -0.3 is 5.32 Å². The average Bonchev–Trinajstić information content (AvgIpc) is 2.45. The van der Waals surface area contributed by atoms with Gasteiger partial charge in [-0.2, -0.15) is 0 Å². The maximum Gasteiger partial charge on any atom is 0.248 e. The summed E-state index contributed by atoms with van der Waals surface area (Å²) < 4.78 is 0. The second kappa shape index (κ2) is 2.85. The Balaban J connectivity index is 2.18. The highest BCUT2D eigenvalue weighted by molar-refractivity contribution is 8.03. The molecule has 2 atom stereocenters. The third-order valence-corrected chi connectivity index (χ3v) is 3.41. The van der Waals surface area contributed by atoms with Crippen LogP contribution in [0.3, 0.4) is 0 Å². The maximum atomic E-state index is 11.4. The number of nitrogens with one attached hydrogen (secondary N) is 1. The van der Waals surface area contributed by atoms with Crippen LogP contribution < -0.4 is 5.32 Å². The summed E-state index contributed by atoms with van der Waals surface area (Å²) in [5.41, 5.74) is 0.534. The van der Waals surface area contributed by atoms with Gasteiger partial charge >= 0.3 is 0 Å². The van der Waals surface area contributed by atoms with Crippen molar-refractivity contribution in [3.05, 3.63) is 11.1 Å². The van der Waals surface area contributed by atoms with Crippen molar-refractivity contribution in [1.82, 2.24) is 10.2 Å². The molecule has 0 aromatic rings. The molecular weight excluding hydrogens is 188 g/mol. The van der Waals surface area contributed by atoms with Crippen LogP contribution in [-0.4, -0.2) is 35.1 Å². The molecule has 2 heterocycles. The Hall–Kier alpha value is -0.810. The zero-order valence-electron chi connectivity index (χ0n) is 7.40. The first-order valence-electron chi connectivity index (χ1n) is 4.03. The summed E-state index contributed by atoms with van der Waals surface area (Å²) in [6.45, 7) is 1.48. The molecule has 0 aliphatic carbocycles. The van der Waals surface area contributed by atoms with E-state index in [-0.39, 0.29) is 23.1 Å². The molecule has 0 aromatic heterocycles. The Labute approximate surface area is 80.3 Å². The molecule has 0 aromatic carbocycles. The summed E-state index contributed by atoms with van der Waals surface area (Å²) in [4.78, 5) is 24.1. The molecule has 0 saturated carbocycles. The molecule has 13 heavy (non-hydrogen) atoms. The van der Waals surface area contributed by atoms with Gasteiger partial charge in [0, 0.05) is 12.3 Å². The van der Waals surface area contributed by atoms with Crippen LogP contribution >= 0.6 is 11.8 Å². The minimum atomic E-state index is -0.127. The number of carbonyl (C=O) groups excluding carboxylic acids is 2. The summed E-state index contributed by atoms with van der Waals surface area (Å²) in [5, 5.41) is 4.79. The molecule has 0 bridgehead atoms. The number of fused-ring (bicyclic) bond motifs is 1. The lowest BCUT2D eigenvalue weighted by Crippen LogP contribution is -2.66. The van der Waals surface area contributed by atoms with E-state index in [0.29, 0.717) is 5.70 Å². The summed E-state index contributed by atoms with van der Waals surface area (Å²) in [7, 11) is 1.76. The summed E-state index contributed by atoms with van der Waals surface area (Å²) >= 11 is 1.52. The number of allylic oxidation sites excluding steroid dienone is 1. The van der Waals surface area contributed by atoms with Crippen molar-refractivity contribution in [2.45, 2.75) is 18.3 Å². The van der Waals surface area contributed by atoms with E-state index in [1.165, 1.54) is 18.7 Å². The number of ketones is 1. The predicted molar refractivity (Wildman–Crippen MR) is 49.8 cm³/mol. The summed E-state index contributed by atoms with van der Waals surface area (Å²) in [5.74, 6) is -0.0446. The van der Waals surface area contributed by atoms with Crippen molar-refractivity contribution >= 4 is 23.5 Å². The van der Waals surface area contributed by atoms with Crippen molar-refractivity contribution in [3.8, 4) is 0 Å². The molecule has 4 nitrogen and oxygen atoms in total. The molecule has 0 spiro atoms. The van der Waals surface area contributed by atoms with E-state index in [9.17, 15) is 9.59 Å². The minimum absolute atomic E-state index is 0.000972. The molecule has 0 radical (unpaired) electrons. The van der Waals surface area contributed by atoms with E-state index in [1.807, 2.05) is 0 Å². The van der Waals surface area contributed by atoms with Gasteiger partial charge in [-0.1, -0.05) is 0 Å². The van der Waals surface area contributed by atoms with E-state index < -0.39 is 0 Å². The predicted octanol–water partition coefficient (Wildman–Crippen LogP) is -0.0801. The molecule has 2 rings (SSSR count). The smallest absolute Gasteiger partial charge is 0.248 e. The van der Waals surface area contributed by atoms with Gasteiger partial charge in [0.25, 0.3) is 0 Å². The van der Waals surface area contributed by atoms with Crippen LogP contribution in [0.1, 0.15) is 6.92 Å². The highest BCUT2D eigenvalue weighted by atomic mass is 32.2. The lowest BCUT2D eigenvalue weighted by atomic mass is 10.1. The lowest BCUT2D eigenvalue weighted by molar-refractivity contribution is -0.144. The number of hydrogen-bond acceptors (Lipinski definition) is 4. The van der Waals surface area contributed by atoms with Crippen molar-refractivity contribution in [1.29, 1.82) is 0 Å². The molecule has 1 fully saturated rings. The number of thioether (sulfide) groups is 1. The highest BCUT2D eigenvalue weighted by Gasteiger charge is 2.51. The van der Waals surface area contributed by atoms with E-state index in [1.54, 1.807) is 17.4 Å². The van der Waals surface area contributed by atoms with E-state index in [4.69, 9.17) is 0 Å². The third-order valence-electron chi connectivity index (χ3n) is 2.29. The van der Waals surface area contributed by atoms with Gasteiger partial charge in [0.1, 0.15) is 11.4 Å². The first-order valence-corrected chi connectivity index (χ1v) is 4.98. The first kappa shape index (κ1) is 8.77. The number of rotatable bonds is 2. The number of hydrogen-bond donors (Lipinski definition) is 1. The lowest BCUT2D eigenvalue weighted by Gasteiger charge is -2.42. The monoisotopic (exact) mass is 198 g/mol. The van der Waals surface area contributed by atoms with Crippen LogP contribution in [0, 0.1) is 0 Å². The molecular formula is C8H10N2O2S. The Morgan fingerprint density at radius 2 is 2.38 bits per heavy atom. The fraction of sp³-hybridized carbons (Fsp3) is 0.500. The Bertz CT molecular complexity index is 313. The van der Waals surface area contributed by atoms with E-state index in [0.717, 1.165) is 0 Å². The van der Waals surface area contributed by atoms with Crippen LogP contribution in [0.2, 0.25) is 0 Å². The number of amides is 1. The van der Waals surface area contributed by atoms with Gasteiger partial charge in [0.05, 0.1) is 5.70 Å². The van der Waals surface area contributed by atoms with Gasteiger partial charge in [0.2, 0.25) is 5.91 Å². The fourth-order valence-corrected chi connectivity index (χ4v) is 2.87. The third kappa shape index (κ3) is 1.04. The molecule has 1 saturated heterocycles. The quantitative estimate of drug-likeness (QED) is 0.630. The fourth-order valence-electron chi connectivity index (χ4n) is 1.57. The van der Waals surface area contributed by atoms with Gasteiger partial charge in [-0.15, -0.1) is 11.8 Å². The first-order chi connectivity index (χ1) is 6.16. The van der Waals surface area contributed by atoms with Gasteiger partial charge in [-0.3, -0.25) is 14.5 Å². The van der Waals surface area contributed by atoms with Crippen LogP contribution in [0.15, 0.2) is 11.1 Å². The molecule has 1 N–H and O–H groups in total. The Kier molecular flexibility index (Phi) is 1.92. The standard InChI is InChI=1S/C8H10N2O2S/c1-4(11)5-3-13-8-6(9-2)7(12)10(5)8/h3,6,8-9H,1-2H3. The SMILES string of the molecule is CNC1C(=O)N2C(C(C)=O)=CSC12. The largest absolute Gasteiger partial charge is 0.306 e. The Morgan fingerprint density at radius 1 is 1.69 bits per heavy atom. The van der Waals surface area contributed by atoms with Crippen molar-refractivity contribution in [3.63, 3.8) is 0 Å².